The molecular weight excluding hydrogens is 312 g/mol. The van der Waals surface area contributed by atoms with Crippen LogP contribution in [0.1, 0.15) is 36.0 Å². The van der Waals surface area contributed by atoms with Crippen LogP contribution >= 0.6 is 0 Å². The van der Waals surface area contributed by atoms with Crippen LogP contribution in [0.15, 0.2) is 30.5 Å². The molecule has 3 rings (SSSR count). The number of nitrogens with zero attached hydrogens (tertiary/aromatic N) is 1. The number of H-pyrrole nitrogens is 1. The number of aromatic amines is 1. The smallest absolute Gasteiger partial charge is 0.256 e. The Kier molecular flexibility index (Phi) is 4.19. The van der Waals surface area contributed by atoms with E-state index >= 15 is 0 Å². The first-order chi connectivity index (χ1) is 10.9. The molecule has 0 bridgehead atoms. The van der Waals surface area contributed by atoms with Crippen molar-refractivity contribution in [1.82, 2.24) is 9.88 Å². The molecule has 0 saturated heterocycles. The van der Waals surface area contributed by atoms with Crippen molar-refractivity contribution in [3.8, 4) is 0 Å². The van der Waals surface area contributed by atoms with Gasteiger partial charge in [0, 0.05) is 30.9 Å². The average molecular weight is 334 g/mol. The summed E-state index contributed by atoms with van der Waals surface area (Å²) in [5.74, 6) is -0.126. The van der Waals surface area contributed by atoms with Crippen LogP contribution in [0.4, 0.5) is 0 Å². The highest BCUT2D eigenvalue weighted by molar-refractivity contribution is 7.91. The molecular formula is C17H22N2O3S. The molecule has 0 radical (unpaired) electrons. The minimum atomic E-state index is -3.17. The van der Waals surface area contributed by atoms with Crippen molar-refractivity contribution in [3.63, 3.8) is 0 Å². The fourth-order valence-electron chi connectivity index (χ4n) is 3.62. The maximum Gasteiger partial charge on any atom is 0.256 e. The zero-order valence-corrected chi connectivity index (χ0v) is 14.3. The van der Waals surface area contributed by atoms with Gasteiger partial charge in [-0.15, -0.1) is 0 Å². The quantitative estimate of drug-likeness (QED) is 0.938. The molecule has 1 N–H and O–H groups in total. The number of fused-ring (bicyclic) bond motifs is 1. The first-order valence-corrected chi connectivity index (χ1v) is 9.87. The van der Waals surface area contributed by atoms with E-state index in [9.17, 15) is 13.2 Å². The van der Waals surface area contributed by atoms with Crippen LogP contribution < -0.4 is 0 Å². The van der Waals surface area contributed by atoms with E-state index in [0.29, 0.717) is 12.0 Å². The molecule has 2 atom stereocenters. The van der Waals surface area contributed by atoms with Crippen molar-refractivity contribution in [2.45, 2.75) is 37.0 Å². The number of carbonyl (C=O) groups is 1. The van der Waals surface area contributed by atoms with E-state index < -0.39 is 15.1 Å². The first kappa shape index (κ1) is 16.1. The monoisotopic (exact) mass is 334 g/mol. The largest absolute Gasteiger partial charge is 0.361 e. The van der Waals surface area contributed by atoms with E-state index in [0.717, 1.165) is 30.2 Å². The second kappa shape index (κ2) is 6.00. The summed E-state index contributed by atoms with van der Waals surface area (Å²) in [6.45, 7) is 0. The number of aromatic nitrogens is 1. The second-order valence-electron chi connectivity index (χ2n) is 6.38. The molecule has 0 unspecified atom stereocenters. The predicted octanol–water partition coefficient (Wildman–Crippen LogP) is 2.60. The van der Waals surface area contributed by atoms with Gasteiger partial charge in [0.2, 0.25) is 0 Å². The lowest BCUT2D eigenvalue weighted by atomic mass is 9.93. The minimum absolute atomic E-state index is 0.126. The number of rotatable bonds is 3. The molecule has 23 heavy (non-hydrogen) atoms. The summed E-state index contributed by atoms with van der Waals surface area (Å²) < 4.78 is 24.2. The summed E-state index contributed by atoms with van der Waals surface area (Å²) in [4.78, 5) is 17.7. The highest BCUT2D eigenvalue weighted by Crippen LogP contribution is 2.29. The number of carbonyl (C=O) groups excluding carboxylic acids is 1. The van der Waals surface area contributed by atoms with Gasteiger partial charge in [-0.1, -0.05) is 25.0 Å². The van der Waals surface area contributed by atoms with Gasteiger partial charge in [-0.3, -0.25) is 4.79 Å². The molecule has 5 nitrogen and oxygen atoms in total. The summed E-state index contributed by atoms with van der Waals surface area (Å²) in [5, 5.41) is 0.514. The normalized spacial score (nSPS) is 22.2. The molecule has 1 aromatic carbocycles. The van der Waals surface area contributed by atoms with E-state index in [1.807, 2.05) is 18.2 Å². The molecule has 0 aliphatic heterocycles. The van der Waals surface area contributed by atoms with Crippen LogP contribution in [0.5, 0.6) is 0 Å². The molecule has 1 saturated carbocycles. The Bertz CT molecular complexity index is 825. The average Bonchev–Trinajstić information content (AvgIpc) is 3.01. The number of amides is 1. The molecule has 1 heterocycles. The molecule has 0 spiro atoms. The van der Waals surface area contributed by atoms with Crippen LogP contribution in [-0.2, 0) is 9.84 Å². The summed E-state index contributed by atoms with van der Waals surface area (Å²) in [7, 11) is -1.45. The second-order valence-corrected chi connectivity index (χ2v) is 8.65. The summed E-state index contributed by atoms with van der Waals surface area (Å²) in [6, 6.07) is 7.26. The third-order valence-electron chi connectivity index (χ3n) is 4.85. The Morgan fingerprint density at radius 1 is 1.22 bits per heavy atom. The van der Waals surface area contributed by atoms with Gasteiger partial charge in [-0.2, -0.15) is 0 Å². The summed E-state index contributed by atoms with van der Waals surface area (Å²) >= 11 is 0. The molecule has 2 aromatic rings. The Hall–Kier alpha value is -1.82. The van der Waals surface area contributed by atoms with Crippen molar-refractivity contribution >= 4 is 26.6 Å². The van der Waals surface area contributed by atoms with Crippen molar-refractivity contribution in [3.05, 3.63) is 36.0 Å². The first-order valence-electron chi connectivity index (χ1n) is 7.91. The van der Waals surface area contributed by atoms with Crippen molar-refractivity contribution in [1.29, 1.82) is 0 Å². The van der Waals surface area contributed by atoms with Crippen LogP contribution in [0.3, 0.4) is 0 Å². The van der Waals surface area contributed by atoms with Crippen LogP contribution in [0.25, 0.3) is 10.9 Å². The number of benzene rings is 1. The molecule has 1 aliphatic rings. The Morgan fingerprint density at radius 2 is 1.96 bits per heavy atom. The van der Waals surface area contributed by atoms with Crippen molar-refractivity contribution < 1.29 is 13.2 Å². The Labute approximate surface area is 136 Å². The van der Waals surface area contributed by atoms with Gasteiger partial charge in [0.25, 0.3) is 5.91 Å². The number of hydrogen-bond acceptors (Lipinski definition) is 3. The molecule has 1 aromatic heterocycles. The van der Waals surface area contributed by atoms with E-state index in [2.05, 4.69) is 4.98 Å². The zero-order chi connectivity index (χ0) is 16.6. The lowest BCUT2D eigenvalue weighted by Gasteiger charge is -2.37. The molecule has 6 heteroatoms. The SMILES string of the molecule is CN(C(=O)c1cccc2cc[nH]c12)[C@H]1CCCC[C@@H]1S(C)(=O)=O. The number of nitrogens with one attached hydrogen (secondary N) is 1. The molecule has 1 aliphatic carbocycles. The number of para-hydroxylation sites is 1. The highest BCUT2D eigenvalue weighted by atomic mass is 32.2. The van der Waals surface area contributed by atoms with Crippen LogP contribution in [0.2, 0.25) is 0 Å². The van der Waals surface area contributed by atoms with E-state index in [1.165, 1.54) is 6.26 Å². The Morgan fingerprint density at radius 3 is 2.70 bits per heavy atom. The lowest BCUT2D eigenvalue weighted by molar-refractivity contribution is 0.0702. The number of sulfone groups is 1. The molecule has 124 valence electrons. The third kappa shape index (κ3) is 3.00. The highest BCUT2D eigenvalue weighted by Gasteiger charge is 2.37. The summed E-state index contributed by atoms with van der Waals surface area (Å²) in [6.07, 6.45) is 6.32. The molecule has 1 amide bonds. The van der Waals surface area contributed by atoms with Gasteiger partial charge in [0.1, 0.15) is 0 Å². The fraction of sp³-hybridized carbons (Fsp3) is 0.471. The standard InChI is InChI=1S/C17H22N2O3S/c1-19(14-8-3-4-9-15(14)23(2,21)22)17(20)13-7-5-6-12-10-11-18-16(12)13/h5-7,10-11,14-15,18H,3-4,8-9H2,1-2H3/t14-,15-/m0/s1. The van der Waals surface area contributed by atoms with Gasteiger partial charge in [-0.25, -0.2) is 8.42 Å². The maximum absolute atomic E-state index is 12.9. The van der Waals surface area contributed by atoms with Crippen LogP contribution in [0, 0.1) is 0 Å². The predicted molar refractivity (Wildman–Crippen MR) is 91.3 cm³/mol. The van der Waals surface area contributed by atoms with E-state index in [4.69, 9.17) is 0 Å². The van der Waals surface area contributed by atoms with Gasteiger partial charge in [-0.05, 0) is 25.0 Å². The van der Waals surface area contributed by atoms with Gasteiger partial charge in [0.15, 0.2) is 9.84 Å². The van der Waals surface area contributed by atoms with E-state index in [1.54, 1.807) is 24.2 Å². The Balaban J connectivity index is 1.93. The van der Waals surface area contributed by atoms with Crippen molar-refractivity contribution in [2.75, 3.05) is 13.3 Å². The topological polar surface area (TPSA) is 70.2 Å². The molecule has 1 fully saturated rings. The minimum Gasteiger partial charge on any atom is -0.361 e. The number of hydrogen-bond donors (Lipinski definition) is 1. The van der Waals surface area contributed by atoms with Crippen molar-refractivity contribution in [2.24, 2.45) is 0 Å². The maximum atomic E-state index is 12.9. The summed E-state index contributed by atoms with van der Waals surface area (Å²) in [5.41, 5.74) is 1.39. The van der Waals surface area contributed by atoms with Gasteiger partial charge >= 0.3 is 0 Å². The third-order valence-corrected chi connectivity index (χ3v) is 6.50. The van der Waals surface area contributed by atoms with E-state index in [-0.39, 0.29) is 11.9 Å². The van der Waals surface area contributed by atoms with Crippen LogP contribution in [-0.4, -0.2) is 48.8 Å². The lowest BCUT2D eigenvalue weighted by Crippen LogP contribution is -2.49. The zero-order valence-electron chi connectivity index (χ0n) is 13.5. The fourth-order valence-corrected chi connectivity index (χ4v) is 5.11. The van der Waals surface area contributed by atoms with Gasteiger partial charge in [0.05, 0.1) is 16.3 Å². The van der Waals surface area contributed by atoms with Gasteiger partial charge < -0.3 is 9.88 Å².